The Hall–Kier alpha value is -4.79. The molecule has 1 aliphatic rings. The number of carbonyl (C=O) groups excluding carboxylic acids is 1. The first kappa shape index (κ1) is 24.9. The lowest BCUT2D eigenvalue weighted by Gasteiger charge is -2.29. The quantitative estimate of drug-likeness (QED) is 0.352. The lowest BCUT2D eigenvalue weighted by Crippen LogP contribution is -2.31. The molecule has 0 radical (unpaired) electrons. The van der Waals surface area contributed by atoms with E-state index in [0.717, 1.165) is 16.7 Å². The number of amides is 1. The fraction of sp³-hybridized carbons (Fsp3) is 0.207. The van der Waals surface area contributed by atoms with Gasteiger partial charge < -0.3 is 24.8 Å². The number of hydrogen-bond acceptors (Lipinski definition) is 7. The second-order valence-corrected chi connectivity index (χ2v) is 8.91. The first-order valence-electron chi connectivity index (χ1n) is 12.1. The molecule has 0 fully saturated rings. The Balaban J connectivity index is 1.67. The number of ether oxygens (including phenoxy) is 3. The Bertz CT molecular complexity index is 1480. The number of benzene rings is 3. The van der Waals surface area contributed by atoms with Gasteiger partial charge in [-0.05, 0) is 43.7 Å². The maximum absolute atomic E-state index is 13.8. The summed E-state index contributed by atoms with van der Waals surface area (Å²) < 4.78 is 18.5. The number of anilines is 2. The average molecular weight is 512 g/mol. The Morgan fingerprint density at radius 1 is 0.921 bits per heavy atom. The number of aromatic nitrogens is 3. The largest absolute Gasteiger partial charge is 0.493 e. The van der Waals surface area contributed by atoms with Crippen molar-refractivity contribution in [1.82, 2.24) is 14.8 Å². The SMILES string of the molecule is COc1cc(C2C(C(=O)Nc3ccccc3)=C(C)Nc3nc(-c4ccc(C)cc4)nn32)cc(OC)c1OC. The lowest BCUT2D eigenvalue weighted by atomic mass is 9.94. The van der Waals surface area contributed by atoms with E-state index in [1.165, 1.54) is 0 Å². The van der Waals surface area contributed by atoms with Gasteiger partial charge in [0.15, 0.2) is 17.3 Å². The van der Waals surface area contributed by atoms with Gasteiger partial charge in [0.2, 0.25) is 11.7 Å². The number of hydrogen-bond donors (Lipinski definition) is 2. The summed E-state index contributed by atoms with van der Waals surface area (Å²) in [6.07, 6.45) is 0. The molecule has 0 spiro atoms. The summed E-state index contributed by atoms with van der Waals surface area (Å²) in [6.45, 7) is 3.89. The lowest BCUT2D eigenvalue weighted by molar-refractivity contribution is -0.113. The zero-order valence-electron chi connectivity index (χ0n) is 21.9. The minimum Gasteiger partial charge on any atom is -0.493 e. The molecule has 1 aromatic heterocycles. The topological polar surface area (TPSA) is 99.5 Å². The van der Waals surface area contributed by atoms with Crippen molar-refractivity contribution in [1.29, 1.82) is 0 Å². The van der Waals surface area contributed by atoms with Gasteiger partial charge in [0.25, 0.3) is 5.91 Å². The molecule has 0 saturated heterocycles. The fourth-order valence-electron chi connectivity index (χ4n) is 4.56. The van der Waals surface area contributed by atoms with Gasteiger partial charge in [-0.2, -0.15) is 4.98 Å². The van der Waals surface area contributed by atoms with Crippen LogP contribution in [0, 0.1) is 6.92 Å². The van der Waals surface area contributed by atoms with Gasteiger partial charge >= 0.3 is 0 Å². The zero-order chi connectivity index (χ0) is 26.8. The molecule has 4 aromatic rings. The molecule has 3 aromatic carbocycles. The number of para-hydroxylation sites is 1. The van der Waals surface area contributed by atoms with Crippen molar-refractivity contribution < 1.29 is 19.0 Å². The molecule has 5 rings (SSSR count). The first-order valence-corrected chi connectivity index (χ1v) is 12.1. The number of nitrogens with one attached hydrogen (secondary N) is 2. The molecule has 1 aliphatic heterocycles. The molecule has 38 heavy (non-hydrogen) atoms. The standard InChI is InChI=1S/C29H29N5O4/c1-17-11-13-19(14-12-17)27-32-29-30-18(2)24(28(35)31-21-9-7-6-8-10-21)25(34(29)33-27)20-15-22(36-3)26(38-5)23(16-20)37-4/h6-16,25H,1-5H3,(H,31,35)(H,30,32,33). The third-order valence-electron chi connectivity index (χ3n) is 6.44. The van der Waals surface area contributed by atoms with E-state index < -0.39 is 6.04 Å². The van der Waals surface area contributed by atoms with E-state index in [-0.39, 0.29) is 5.91 Å². The summed E-state index contributed by atoms with van der Waals surface area (Å²) in [5, 5.41) is 11.1. The van der Waals surface area contributed by atoms with Crippen molar-refractivity contribution in [3.8, 4) is 28.6 Å². The third kappa shape index (κ3) is 4.54. The first-order chi connectivity index (χ1) is 18.4. The summed E-state index contributed by atoms with van der Waals surface area (Å²) in [4.78, 5) is 18.5. The van der Waals surface area contributed by atoms with Crippen LogP contribution in [0.2, 0.25) is 0 Å². The number of nitrogens with zero attached hydrogens (tertiary/aromatic N) is 3. The number of allylic oxidation sites excluding steroid dienone is 1. The summed E-state index contributed by atoms with van der Waals surface area (Å²) in [5.41, 5.74) is 4.56. The van der Waals surface area contributed by atoms with Crippen LogP contribution in [0.25, 0.3) is 11.4 Å². The van der Waals surface area contributed by atoms with E-state index >= 15 is 0 Å². The molecule has 0 aliphatic carbocycles. The van der Waals surface area contributed by atoms with Crippen molar-refractivity contribution >= 4 is 17.5 Å². The van der Waals surface area contributed by atoms with E-state index in [4.69, 9.17) is 24.3 Å². The summed E-state index contributed by atoms with van der Waals surface area (Å²) in [6, 6.07) is 20.3. The van der Waals surface area contributed by atoms with Crippen molar-refractivity contribution in [3.05, 3.63) is 89.1 Å². The monoisotopic (exact) mass is 511 g/mol. The highest BCUT2D eigenvalue weighted by Gasteiger charge is 2.35. The molecule has 9 nitrogen and oxygen atoms in total. The highest BCUT2D eigenvalue weighted by molar-refractivity contribution is 6.06. The molecule has 1 unspecified atom stereocenters. The van der Waals surface area contributed by atoms with Crippen molar-refractivity contribution in [2.75, 3.05) is 32.0 Å². The molecule has 0 saturated carbocycles. The Morgan fingerprint density at radius 3 is 2.18 bits per heavy atom. The van der Waals surface area contributed by atoms with Gasteiger partial charge in [-0.15, -0.1) is 5.10 Å². The minimum atomic E-state index is -0.629. The van der Waals surface area contributed by atoms with E-state index in [9.17, 15) is 4.79 Å². The normalized spacial score (nSPS) is 14.4. The molecule has 1 atom stereocenters. The van der Waals surface area contributed by atoms with Gasteiger partial charge in [-0.1, -0.05) is 48.0 Å². The van der Waals surface area contributed by atoms with Crippen molar-refractivity contribution in [2.45, 2.75) is 19.9 Å². The maximum atomic E-state index is 13.8. The molecule has 9 heteroatoms. The van der Waals surface area contributed by atoms with Gasteiger partial charge in [-0.25, -0.2) is 4.68 Å². The van der Waals surface area contributed by atoms with Crippen LogP contribution in [0.4, 0.5) is 11.6 Å². The minimum absolute atomic E-state index is 0.266. The van der Waals surface area contributed by atoms with E-state index in [1.54, 1.807) is 26.0 Å². The van der Waals surface area contributed by atoms with Gasteiger partial charge in [0.05, 0.1) is 26.9 Å². The van der Waals surface area contributed by atoms with Crippen LogP contribution in [-0.2, 0) is 4.79 Å². The fourth-order valence-corrected chi connectivity index (χ4v) is 4.56. The second-order valence-electron chi connectivity index (χ2n) is 8.91. The molecular weight excluding hydrogens is 482 g/mol. The molecule has 194 valence electrons. The predicted octanol–water partition coefficient (Wildman–Crippen LogP) is 5.21. The number of rotatable bonds is 7. The van der Waals surface area contributed by atoms with Crippen LogP contribution in [0.1, 0.15) is 24.1 Å². The Morgan fingerprint density at radius 2 is 1.58 bits per heavy atom. The summed E-state index contributed by atoms with van der Waals surface area (Å²) >= 11 is 0. The summed E-state index contributed by atoms with van der Waals surface area (Å²) in [7, 11) is 4.67. The van der Waals surface area contributed by atoms with E-state index in [0.29, 0.717) is 46.0 Å². The van der Waals surface area contributed by atoms with Crippen LogP contribution in [0.3, 0.4) is 0 Å². The van der Waals surface area contributed by atoms with Crippen LogP contribution in [0.5, 0.6) is 17.2 Å². The van der Waals surface area contributed by atoms with Crippen LogP contribution >= 0.6 is 0 Å². The number of aryl methyl sites for hydroxylation is 1. The number of carbonyl (C=O) groups is 1. The Labute approximate surface area is 221 Å². The smallest absolute Gasteiger partial charge is 0.255 e. The van der Waals surface area contributed by atoms with Gasteiger partial charge in [-0.3, -0.25) is 4.79 Å². The predicted molar refractivity (Wildman–Crippen MR) is 146 cm³/mol. The summed E-state index contributed by atoms with van der Waals surface area (Å²) in [5.74, 6) is 2.21. The molecule has 0 bridgehead atoms. The van der Waals surface area contributed by atoms with Crippen molar-refractivity contribution in [3.63, 3.8) is 0 Å². The third-order valence-corrected chi connectivity index (χ3v) is 6.44. The van der Waals surface area contributed by atoms with Crippen LogP contribution in [0.15, 0.2) is 78.0 Å². The van der Waals surface area contributed by atoms with Gasteiger partial charge in [0, 0.05) is 16.9 Å². The van der Waals surface area contributed by atoms with Gasteiger partial charge in [0.1, 0.15) is 6.04 Å². The highest BCUT2D eigenvalue weighted by atomic mass is 16.5. The molecular formula is C29H29N5O4. The maximum Gasteiger partial charge on any atom is 0.255 e. The average Bonchev–Trinajstić information content (AvgIpc) is 3.35. The molecule has 2 N–H and O–H groups in total. The molecule has 2 heterocycles. The zero-order valence-corrected chi connectivity index (χ0v) is 21.9. The number of methoxy groups -OCH3 is 3. The van der Waals surface area contributed by atoms with Crippen LogP contribution in [-0.4, -0.2) is 42.0 Å². The molecule has 1 amide bonds. The highest BCUT2D eigenvalue weighted by Crippen LogP contribution is 2.44. The Kier molecular flexibility index (Phi) is 6.74. The van der Waals surface area contributed by atoms with Crippen molar-refractivity contribution in [2.24, 2.45) is 0 Å². The van der Waals surface area contributed by atoms with E-state index in [1.807, 2.05) is 80.6 Å². The van der Waals surface area contributed by atoms with Crippen LogP contribution < -0.4 is 24.8 Å². The number of fused-ring (bicyclic) bond motifs is 1. The van der Waals surface area contributed by atoms with E-state index in [2.05, 4.69) is 10.6 Å². The second kappa shape index (κ2) is 10.3.